The molecule has 0 aliphatic heterocycles. The highest BCUT2D eigenvalue weighted by atomic mass is 19.4. The first-order valence-electron chi connectivity index (χ1n) is 7.42. The molecule has 0 bridgehead atoms. The largest absolute Gasteiger partial charge is 0.573 e. The molecule has 0 radical (unpaired) electrons. The number of aryl methyl sites for hydroxylation is 1. The summed E-state index contributed by atoms with van der Waals surface area (Å²) in [6.07, 6.45) is -4.90. The Morgan fingerprint density at radius 2 is 1.76 bits per heavy atom. The Bertz CT molecular complexity index is 869. The van der Waals surface area contributed by atoms with Crippen LogP contribution in [0.3, 0.4) is 0 Å². The fraction of sp³-hybridized carbons (Fsp3) is 0.222. The summed E-state index contributed by atoms with van der Waals surface area (Å²) < 4.78 is 65.9. The number of rotatable bonds is 5. The van der Waals surface area contributed by atoms with Crippen LogP contribution in [0, 0.1) is 12.7 Å². The molecule has 0 aliphatic rings. The Hall–Kier alpha value is -2.54. The van der Waals surface area contributed by atoms with Crippen molar-refractivity contribution in [3.63, 3.8) is 0 Å². The van der Waals surface area contributed by atoms with E-state index in [1.807, 2.05) is 30.3 Å². The third-order valence-corrected chi connectivity index (χ3v) is 3.61. The predicted octanol–water partition coefficient (Wildman–Crippen LogP) is 5.50. The van der Waals surface area contributed by atoms with Crippen LogP contribution in [0.1, 0.15) is 16.9 Å². The van der Waals surface area contributed by atoms with Crippen LogP contribution in [-0.2, 0) is 18.0 Å². The van der Waals surface area contributed by atoms with E-state index in [0.29, 0.717) is 24.0 Å². The van der Waals surface area contributed by atoms with E-state index >= 15 is 0 Å². The van der Waals surface area contributed by atoms with E-state index in [0.717, 1.165) is 11.6 Å². The summed E-state index contributed by atoms with van der Waals surface area (Å²) in [5, 5.41) is 0.199. The van der Waals surface area contributed by atoms with E-state index in [4.69, 9.17) is 9.15 Å². The highest BCUT2D eigenvalue weighted by molar-refractivity contribution is 5.84. The van der Waals surface area contributed by atoms with E-state index in [-0.39, 0.29) is 17.6 Å². The number of fused-ring (bicyclic) bond motifs is 1. The quantitative estimate of drug-likeness (QED) is 0.567. The van der Waals surface area contributed by atoms with Crippen molar-refractivity contribution in [2.24, 2.45) is 0 Å². The highest BCUT2D eigenvalue weighted by Crippen LogP contribution is 2.34. The van der Waals surface area contributed by atoms with E-state index < -0.39 is 17.9 Å². The zero-order valence-electron chi connectivity index (χ0n) is 13.2. The first kappa shape index (κ1) is 17.3. The van der Waals surface area contributed by atoms with Gasteiger partial charge >= 0.3 is 6.36 Å². The van der Waals surface area contributed by atoms with Crippen molar-refractivity contribution in [2.45, 2.75) is 26.5 Å². The molecule has 2 aromatic carbocycles. The average molecular weight is 354 g/mol. The van der Waals surface area contributed by atoms with Crippen LogP contribution < -0.4 is 4.74 Å². The fourth-order valence-electron chi connectivity index (χ4n) is 2.52. The maximum absolute atomic E-state index is 14.0. The zero-order valence-corrected chi connectivity index (χ0v) is 13.2. The lowest BCUT2D eigenvalue weighted by atomic mass is 10.1. The minimum absolute atomic E-state index is 0.0721. The summed E-state index contributed by atoms with van der Waals surface area (Å²) in [7, 11) is 0. The second-order valence-electron chi connectivity index (χ2n) is 5.44. The third kappa shape index (κ3) is 4.11. The number of alkyl halides is 3. The van der Waals surface area contributed by atoms with Gasteiger partial charge in [0, 0.05) is 17.0 Å². The summed E-state index contributed by atoms with van der Waals surface area (Å²) in [6, 6.07) is 11.1. The van der Waals surface area contributed by atoms with Crippen LogP contribution in [-0.4, -0.2) is 6.36 Å². The fourth-order valence-corrected chi connectivity index (χ4v) is 2.52. The molecule has 25 heavy (non-hydrogen) atoms. The van der Waals surface area contributed by atoms with Gasteiger partial charge in [-0.15, -0.1) is 13.2 Å². The van der Waals surface area contributed by atoms with E-state index in [1.165, 1.54) is 0 Å². The standard InChI is InChI=1S/C18H14F4O3/c1-11-15(10-23-9-12-5-3-2-4-6-12)14-7-13(25-18(20,21)22)8-16(19)17(14)24-11/h2-8H,9-10H2,1H3. The topological polar surface area (TPSA) is 31.6 Å². The Kier molecular flexibility index (Phi) is 4.67. The van der Waals surface area contributed by atoms with Crippen LogP contribution in [0.4, 0.5) is 17.6 Å². The van der Waals surface area contributed by atoms with Crippen molar-refractivity contribution < 1.29 is 31.5 Å². The molecule has 1 aromatic heterocycles. The van der Waals surface area contributed by atoms with Gasteiger partial charge in [-0.25, -0.2) is 4.39 Å². The molecule has 0 saturated heterocycles. The lowest BCUT2D eigenvalue weighted by Gasteiger charge is -2.09. The van der Waals surface area contributed by atoms with Gasteiger partial charge in [-0.1, -0.05) is 30.3 Å². The average Bonchev–Trinajstić information content (AvgIpc) is 2.84. The van der Waals surface area contributed by atoms with E-state index in [1.54, 1.807) is 6.92 Å². The summed E-state index contributed by atoms with van der Waals surface area (Å²) in [5.74, 6) is -1.18. The molecule has 0 atom stereocenters. The van der Waals surface area contributed by atoms with Crippen LogP contribution in [0.5, 0.6) is 5.75 Å². The molecular weight excluding hydrogens is 340 g/mol. The minimum atomic E-state index is -4.90. The van der Waals surface area contributed by atoms with Crippen LogP contribution in [0.15, 0.2) is 46.9 Å². The maximum atomic E-state index is 14.0. The molecule has 0 aliphatic carbocycles. The Labute approximate surface area is 140 Å². The number of benzene rings is 2. The molecular formula is C18H14F4O3. The summed E-state index contributed by atoms with van der Waals surface area (Å²) in [4.78, 5) is 0. The monoisotopic (exact) mass is 354 g/mol. The third-order valence-electron chi connectivity index (χ3n) is 3.61. The number of halogens is 4. The lowest BCUT2D eigenvalue weighted by molar-refractivity contribution is -0.274. The Morgan fingerprint density at radius 3 is 2.44 bits per heavy atom. The van der Waals surface area contributed by atoms with Crippen molar-refractivity contribution in [3.8, 4) is 5.75 Å². The van der Waals surface area contributed by atoms with Gasteiger partial charge in [-0.3, -0.25) is 0 Å². The molecule has 3 aromatic rings. The SMILES string of the molecule is Cc1oc2c(F)cc(OC(F)(F)F)cc2c1COCc1ccccc1. The summed E-state index contributed by atoms with van der Waals surface area (Å²) >= 11 is 0. The molecule has 3 nitrogen and oxygen atoms in total. The van der Waals surface area contributed by atoms with Crippen molar-refractivity contribution in [3.05, 3.63) is 65.2 Å². The molecule has 0 spiro atoms. The lowest BCUT2D eigenvalue weighted by Crippen LogP contribution is -2.17. The van der Waals surface area contributed by atoms with Crippen molar-refractivity contribution in [2.75, 3.05) is 0 Å². The second kappa shape index (κ2) is 6.76. The Balaban J connectivity index is 1.85. The van der Waals surface area contributed by atoms with E-state index in [9.17, 15) is 17.6 Å². The molecule has 7 heteroatoms. The maximum Gasteiger partial charge on any atom is 0.573 e. The Morgan fingerprint density at radius 1 is 1.04 bits per heavy atom. The van der Waals surface area contributed by atoms with Gasteiger partial charge in [0.25, 0.3) is 0 Å². The number of ether oxygens (including phenoxy) is 2. The highest BCUT2D eigenvalue weighted by Gasteiger charge is 2.32. The van der Waals surface area contributed by atoms with Gasteiger partial charge in [-0.05, 0) is 18.6 Å². The molecule has 0 amide bonds. The van der Waals surface area contributed by atoms with Crippen molar-refractivity contribution >= 4 is 11.0 Å². The van der Waals surface area contributed by atoms with Crippen molar-refractivity contribution in [1.29, 1.82) is 0 Å². The first-order valence-corrected chi connectivity index (χ1v) is 7.42. The van der Waals surface area contributed by atoms with Crippen LogP contribution >= 0.6 is 0 Å². The molecule has 1 heterocycles. The minimum Gasteiger partial charge on any atom is -0.458 e. The van der Waals surface area contributed by atoms with Crippen molar-refractivity contribution in [1.82, 2.24) is 0 Å². The first-order chi connectivity index (χ1) is 11.8. The normalized spacial score (nSPS) is 11.9. The number of hydrogen-bond donors (Lipinski definition) is 0. The van der Waals surface area contributed by atoms with Gasteiger partial charge in [0.2, 0.25) is 0 Å². The van der Waals surface area contributed by atoms with E-state index in [2.05, 4.69) is 4.74 Å². The zero-order chi connectivity index (χ0) is 18.0. The van der Waals surface area contributed by atoms with Gasteiger partial charge in [0.05, 0.1) is 13.2 Å². The van der Waals surface area contributed by atoms with Crippen LogP contribution in [0.25, 0.3) is 11.0 Å². The molecule has 0 N–H and O–H groups in total. The number of hydrogen-bond acceptors (Lipinski definition) is 3. The van der Waals surface area contributed by atoms with Crippen LogP contribution in [0.2, 0.25) is 0 Å². The molecule has 0 fully saturated rings. The summed E-state index contributed by atoms with van der Waals surface area (Å²) in [5.41, 5.74) is 1.31. The second-order valence-corrected chi connectivity index (χ2v) is 5.44. The van der Waals surface area contributed by atoms with Gasteiger partial charge in [0.1, 0.15) is 11.5 Å². The molecule has 0 saturated carbocycles. The van der Waals surface area contributed by atoms with Gasteiger partial charge in [0.15, 0.2) is 11.4 Å². The predicted molar refractivity (Wildman–Crippen MR) is 82.5 cm³/mol. The van der Waals surface area contributed by atoms with Gasteiger partial charge < -0.3 is 13.9 Å². The number of furan rings is 1. The molecule has 132 valence electrons. The smallest absolute Gasteiger partial charge is 0.458 e. The molecule has 3 rings (SSSR count). The summed E-state index contributed by atoms with van der Waals surface area (Å²) in [6.45, 7) is 1.99. The van der Waals surface area contributed by atoms with Gasteiger partial charge in [-0.2, -0.15) is 0 Å². The molecule has 0 unspecified atom stereocenters.